The van der Waals surface area contributed by atoms with Crippen molar-refractivity contribution in [3.63, 3.8) is 0 Å². The van der Waals surface area contributed by atoms with E-state index in [2.05, 4.69) is 17.6 Å². The highest BCUT2D eigenvalue weighted by molar-refractivity contribution is 5.99. The summed E-state index contributed by atoms with van der Waals surface area (Å²) in [4.78, 5) is 54.6. The number of amides is 4. The molecule has 236 valence electrons. The maximum atomic E-state index is 14.3. The van der Waals surface area contributed by atoms with Crippen LogP contribution in [0, 0.1) is 13.8 Å². The van der Waals surface area contributed by atoms with Crippen molar-refractivity contribution < 1.29 is 28.7 Å². The van der Waals surface area contributed by atoms with Crippen LogP contribution in [0.5, 0.6) is 5.75 Å². The molecule has 10 heteroatoms. The number of primary amides is 1. The van der Waals surface area contributed by atoms with Gasteiger partial charge in [-0.05, 0) is 70.9 Å². The summed E-state index contributed by atoms with van der Waals surface area (Å²) in [7, 11) is 1.56. The number of hydrogen-bond acceptors (Lipinski definition) is 6. The van der Waals surface area contributed by atoms with Gasteiger partial charge in [-0.15, -0.1) is 0 Å². The fourth-order valence-corrected chi connectivity index (χ4v) is 4.83. The summed E-state index contributed by atoms with van der Waals surface area (Å²) in [5, 5.41) is 5.46. The summed E-state index contributed by atoms with van der Waals surface area (Å²) in [5.41, 5.74) is 7.66. The number of carbonyl (C=O) groups excluding carboxylic acids is 4. The summed E-state index contributed by atoms with van der Waals surface area (Å²) in [6.07, 6.45) is 3.24. The minimum absolute atomic E-state index is 0.224. The number of benzene rings is 2. The number of nitrogens with two attached hydrogens (primary N) is 1. The van der Waals surface area contributed by atoms with Crippen molar-refractivity contribution in [2.24, 2.45) is 5.73 Å². The van der Waals surface area contributed by atoms with E-state index in [1.807, 2.05) is 32.0 Å². The zero-order chi connectivity index (χ0) is 32.2. The van der Waals surface area contributed by atoms with Crippen LogP contribution >= 0.6 is 0 Å². The predicted molar refractivity (Wildman–Crippen MR) is 168 cm³/mol. The van der Waals surface area contributed by atoms with Crippen molar-refractivity contribution in [2.45, 2.75) is 97.8 Å². The van der Waals surface area contributed by atoms with Gasteiger partial charge in [-0.2, -0.15) is 0 Å². The number of unbranched alkanes of at least 4 members (excludes halogenated alkanes) is 4. The monoisotopic (exact) mass is 596 g/mol. The van der Waals surface area contributed by atoms with Crippen LogP contribution in [-0.4, -0.2) is 54.0 Å². The predicted octanol–water partition coefficient (Wildman–Crippen LogP) is 5.56. The number of carbonyl (C=O) groups is 4. The quantitative estimate of drug-likeness (QED) is 0.230. The van der Waals surface area contributed by atoms with Crippen molar-refractivity contribution in [3.8, 4) is 5.75 Å². The molecule has 0 fully saturated rings. The van der Waals surface area contributed by atoms with Gasteiger partial charge in [0.05, 0.1) is 13.5 Å². The standard InChI is InChI=1S/C33H48N4O6/c1-8-9-10-11-12-17-37(31(40)27(21-28(34)38)36-32(41)43-33(4,5)6)29(24-19-22(2)18-23(3)20-24)30(39)35-25-13-15-26(42-7)16-14-25/h13-16,18-20,27,29H,8-12,17,21H2,1-7H3,(H2,34,38)(H,35,39)(H,36,41). The molecule has 0 aliphatic heterocycles. The smallest absolute Gasteiger partial charge is 0.408 e. The first kappa shape index (κ1) is 35.1. The third kappa shape index (κ3) is 12.0. The molecule has 0 aliphatic carbocycles. The van der Waals surface area contributed by atoms with E-state index in [-0.39, 0.29) is 6.54 Å². The molecule has 4 N–H and O–H groups in total. The molecule has 0 spiro atoms. The highest BCUT2D eigenvalue weighted by Crippen LogP contribution is 2.28. The van der Waals surface area contributed by atoms with Gasteiger partial charge in [-0.3, -0.25) is 14.4 Å². The normalized spacial score (nSPS) is 12.5. The third-order valence-electron chi connectivity index (χ3n) is 6.66. The van der Waals surface area contributed by atoms with E-state index in [1.165, 1.54) is 4.90 Å². The van der Waals surface area contributed by atoms with Gasteiger partial charge >= 0.3 is 6.09 Å². The van der Waals surface area contributed by atoms with E-state index in [9.17, 15) is 19.2 Å². The van der Waals surface area contributed by atoms with E-state index in [1.54, 1.807) is 52.1 Å². The molecule has 2 aromatic carbocycles. The Bertz CT molecular complexity index is 1220. The molecule has 2 unspecified atom stereocenters. The number of alkyl carbamates (subject to hydrolysis) is 1. The fraction of sp³-hybridized carbons (Fsp3) is 0.515. The minimum Gasteiger partial charge on any atom is -0.497 e. The van der Waals surface area contributed by atoms with E-state index >= 15 is 0 Å². The second-order valence-corrected chi connectivity index (χ2v) is 11.9. The Kier molecular flexibility index (Phi) is 13.5. The van der Waals surface area contributed by atoms with Crippen LogP contribution < -0.4 is 21.1 Å². The Morgan fingerprint density at radius 2 is 1.53 bits per heavy atom. The Hall–Kier alpha value is -4.08. The van der Waals surface area contributed by atoms with Gasteiger partial charge in [0, 0.05) is 12.2 Å². The molecule has 43 heavy (non-hydrogen) atoms. The maximum absolute atomic E-state index is 14.3. The van der Waals surface area contributed by atoms with Crippen LogP contribution in [0.1, 0.15) is 89.0 Å². The first-order valence-corrected chi connectivity index (χ1v) is 14.9. The van der Waals surface area contributed by atoms with Crippen molar-refractivity contribution >= 4 is 29.5 Å². The molecule has 2 atom stereocenters. The minimum atomic E-state index is -1.33. The molecule has 0 aliphatic rings. The maximum Gasteiger partial charge on any atom is 0.408 e. The Morgan fingerprint density at radius 1 is 0.930 bits per heavy atom. The van der Waals surface area contributed by atoms with Gasteiger partial charge in [-0.1, -0.05) is 61.9 Å². The Labute approximate surface area is 255 Å². The first-order chi connectivity index (χ1) is 20.2. The molecule has 2 rings (SSSR count). The lowest BCUT2D eigenvalue weighted by Gasteiger charge is -2.34. The highest BCUT2D eigenvalue weighted by Gasteiger charge is 2.37. The summed E-state index contributed by atoms with van der Waals surface area (Å²) in [6, 6.07) is 10.2. The van der Waals surface area contributed by atoms with Crippen LogP contribution in [0.4, 0.5) is 10.5 Å². The lowest BCUT2D eigenvalue weighted by atomic mass is 9.97. The number of nitrogens with zero attached hydrogens (tertiary/aromatic N) is 1. The topological polar surface area (TPSA) is 140 Å². The SMILES string of the molecule is CCCCCCCN(C(=O)C(CC(N)=O)NC(=O)OC(C)(C)C)C(C(=O)Nc1ccc(OC)cc1)c1cc(C)cc(C)c1. The molecular formula is C33H48N4O6. The van der Waals surface area contributed by atoms with Gasteiger partial charge in [0.1, 0.15) is 23.4 Å². The largest absolute Gasteiger partial charge is 0.497 e. The lowest BCUT2D eigenvalue weighted by molar-refractivity contribution is -0.142. The van der Waals surface area contributed by atoms with E-state index in [0.717, 1.165) is 36.8 Å². The fourth-order valence-electron chi connectivity index (χ4n) is 4.83. The van der Waals surface area contributed by atoms with Crippen LogP contribution in [0.3, 0.4) is 0 Å². The van der Waals surface area contributed by atoms with Crippen LogP contribution in [0.2, 0.25) is 0 Å². The zero-order valence-electron chi connectivity index (χ0n) is 26.6. The molecule has 0 saturated heterocycles. The number of aryl methyl sites for hydroxylation is 2. The van der Waals surface area contributed by atoms with Crippen molar-refractivity contribution in [2.75, 3.05) is 19.0 Å². The van der Waals surface area contributed by atoms with Crippen LogP contribution in [-0.2, 0) is 19.1 Å². The van der Waals surface area contributed by atoms with Crippen molar-refractivity contribution in [1.29, 1.82) is 0 Å². The average molecular weight is 597 g/mol. The second kappa shape index (κ2) is 16.5. The molecule has 0 radical (unpaired) electrons. The summed E-state index contributed by atoms with van der Waals surface area (Å²) >= 11 is 0. The first-order valence-electron chi connectivity index (χ1n) is 14.9. The lowest BCUT2D eigenvalue weighted by Crippen LogP contribution is -2.53. The summed E-state index contributed by atoms with van der Waals surface area (Å²) in [6.45, 7) is 11.3. The second-order valence-electron chi connectivity index (χ2n) is 11.9. The molecule has 0 bridgehead atoms. The van der Waals surface area contributed by atoms with Gasteiger partial charge in [0.2, 0.25) is 11.8 Å². The van der Waals surface area contributed by atoms with Crippen LogP contribution in [0.25, 0.3) is 0 Å². The molecular weight excluding hydrogens is 548 g/mol. The Balaban J connectivity index is 2.58. The number of anilines is 1. The molecule has 2 aromatic rings. The van der Waals surface area contributed by atoms with Gasteiger partial charge in [0.15, 0.2) is 0 Å². The van der Waals surface area contributed by atoms with Crippen molar-refractivity contribution in [1.82, 2.24) is 10.2 Å². The van der Waals surface area contributed by atoms with E-state index < -0.39 is 47.9 Å². The van der Waals surface area contributed by atoms with E-state index in [0.29, 0.717) is 23.4 Å². The summed E-state index contributed by atoms with van der Waals surface area (Å²) in [5.74, 6) is -1.18. The number of rotatable bonds is 15. The van der Waals surface area contributed by atoms with Gasteiger partial charge in [-0.25, -0.2) is 4.79 Å². The molecule has 10 nitrogen and oxygen atoms in total. The number of ether oxygens (including phenoxy) is 2. The number of nitrogens with one attached hydrogen (secondary N) is 2. The number of methoxy groups -OCH3 is 1. The van der Waals surface area contributed by atoms with Gasteiger partial charge in [0.25, 0.3) is 5.91 Å². The molecule has 0 heterocycles. The zero-order valence-corrected chi connectivity index (χ0v) is 26.6. The van der Waals surface area contributed by atoms with Crippen molar-refractivity contribution in [3.05, 3.63) is 59.2 Å². The molecule has 0 aromatic heterocycles. The highest BCUT2D eigenvalue weighted by atomic mass is 16.6. The molecule has 4 amide bonds. The van der Waals surface area contributed by atoms with E-state index in [4.69, 9.17) is 15.2 Å². The van der Waals surface area contributed by atoms with Crippen LogP contribution in [0.15, 0.2) is 42.5 Å². The summed E-state index contributed by atoms with van der Waals surface area (Å²) < 4.78 is 10.6. The third-order valence-corrected chi connectivity index (χ3v) is 6.66. The average Bonchev–Trinajstić information content (AvgIpc) is 2.90. The molecule has 0 saturated carbocycles. The Morgan fingerprint density at radius 3 is 2.07 bits per heavy atom. The number of hydrogen-bond donors (Lipinski definition) is 3. The van der Waals surface area contributed by atoms with Gasteiger partial charge < -0.3 is 30.7 Å².